The quantitative estimate of drug-likeness (QED) is 0.673. The molecule has 0 spiro atoms. The predicted octanol–water partition coefficient (Wildman–Crippen LogP) is 2.64. The van der Waals surface area contributed by atoms with Gasteiger partial charge in [0.1, 0.15) is 5.82 Å². The average Bonchev–Trinajstić information content (AvgIpc) is 3.35. The highest BCUT2D eigenvalue weighted by Gasteiger charge is 2.22. The van der Waals surface area contributed by atoms with E-state index in [1.165, 1.54) is 6.42 Å². The van der Waals surface area contributed by atoms with Gasteiger partial charge in [0, 0.05) is 19.5 Å². The van der Waals surface area contributed by atoms with Crippen LogP contribution in [0.1, 0.15) is 30.4 Å². The van der Waals surface area contributed by atoms with Gasteiger partial charge in [-0.2, -0.15) is 4.98 Å². The van der Waals surface area contributed by atoms with Crippen molar-refractivity contribution in [2.75, 3.05) is 13.1 Å². The van der Waals surface area contributed by atoms with Gasteiger partial charge in [0.25, 0.3) is 5.89 Å². The van der Waals surface area contributed by atoms with E-state index in [2.05, 4.69) is 30.2 Å². The van der Waals surface area contributed by atoms with Crippen LogP contribution in [0.2, 0.25) is 0 Å². The van der Waals surface area contributed by atoms with Crippen LogP contribution in [0.25, 0.3) is 11.7 Å². The molecular weight excluding hydrogens is 364 g/mol. The van der Waals surface area contributed by atoms with Gasteiger partial charge in [-0.3, -0.25) is 0 Å². The molecule has 3 aromatic heterocycles. The van der Waals surface area contributed by atoms with Crippen LogP contribution in [0.3, 0.4) is 0 Å². The Bertz CT molecular complexity index is 797. The van der Waals surface area contributed by atoms with E-state index in [4.69, 9.17) is 8.94 Å². The summed E-state index contributed by atoms with van der Waals surface area (Å²) >= 11 is 1.55. The van der Waals surface area contributed by atoms with E-state index >= 15 is 0 Å². The minimum Gasteiger partial charge on any atom is -0.459 e. The van der Waals surface area contributed by atoms with E-state index in [9.17, 15) is 0 Å². The first-order chi connectivity index (χ1) is 11.8. The van der Waals surface area contributed by atoms with Crippen LogP contribution in [0.5, 0.6) is 0 Å². The number of hydrogen-bond donors (Lipinski definition) is 1. The van der Waals surface area contributed by atoms with Gasteiger partial charge < -0.3 is 18.8 Å². The molecule has 3 aromatic rings. The van der Waals surface area contributed by atoms with Crippen molar-refractivity contribution >= 4 is 24.2 Å². The van der Waals surface area contributed by atoms with Gasteiger partial charge in [-0.1, -0.05) is 16.9 Å². The van der Waals surface area contributed by atoms with Crippen LogP contribution < -0.4 is 5.32 Å². The molecule has 1 saturated heterocycles. The van der Waals surface area contributed by atoms with Gasteiger partial charge in [0.15, 0.2) is 16.7 Å². The maximum atomic E-state index is 5.25. The highest BCUT2D eigenvalue weighted by molar-refractivity contribution is 7.98. The molecule has 0 bridgehead atoms. The Labute approximate surface area is 155 Å². The van der Waals surface area contributed by atoms with Gasteiger partial charge in [-0.15, -0.1) is 22.6 Å². The van der Waals surface area contributed by atoms with Crippen molar-refractivity contribution in [3.8, 4) is 11.7 Å². The van der Waals surface area contributed by atoms with E-state index in [1.54, 1.807) is 30.2 Å². The molecule has 1 N–H and O–H groups in total. The van der Waals surface area contributed by atoms with E-state index in [-0.39, 0.29) is 12.4 Å². The summed E-state index contributed by atoms with van der Waals surface area (Å²) in [6.45, 7) is 2.06. The second-order valence-electron chi connectivity index (χ2n) is 5.72. The number of nitrogens with one attached hydrogen (secondary N) is 1. The van der Waals surface area contributed by atoms with Gasteiger partial charge in [-0.25, -0.2) is 0 Å². The first-order valence-corrected chi connectivity index (χ1v) is 8.89. The smallest absolute Gasteiger partial charge is 0.293 e. The minimum absolute atomic E-state index is 0. The Morgan fingerprint density at radius 1 is 1.40 bits per heavy atom. The molecule has 1 atom stereocenters. The van der Waals surface area contributed by atoms with E-state index in [0.717, 1.165) is 30.5 Å². The molecule has 1 unspecified atom stereocenters. The monoisotopic (exact) mass is 382 g/mol. The lowest BCUT2D eigenvalue weighted by atomic mass is 9.99. The standard InChI is InChI=1S/C15H18N6O2S.ClH/c1-21-13(10-4-2-6-16-8-10)18-19-15(21)24-9-12-17-14(23-20-12)11-5-3-7-22-11;/h3,5,7,10,16H,2,4,6,8-9H2,1H3;1H. The molecule has 4 rings (SSSR count). The number of piperidine rings is 1. The molecule has 134 valence electrons. The third-order valence-electron chi connectivity index (χ3n) is 4.06. The van der Waals surface area contributed by atoms with Gasteiger partial charge >= 0.3 is 0 Å². The number of nitrogens with zero attached hydrogens (tertiary/aromatic N) is 5. The minimum atomic E-state index is 0. The Hall–Kier alpha value is -1.84. The van der Waals surface area contributed by atoms with Crippen molar-refractivity contribution in [2.24, 2.45) is 7.05 Å². The topological polar surface area (TPSA) is 94.8 Å². The fourth-order valence-corrected chi connectivity index (χ4v) is 3.58. The van der Waals surface area contributed by atoms with Crippen molar-refractivity contribution in [1.82, 2.24) is 30.2 Å². The maximum Gasteiger partial charge on any atom is 0.293 e. The Balaban J connectivity index is 0.00000182. The molecule has 0 amide bonds. The number of furan rings is 1. The molecular formula is C15H19ClN6O2S. The zero-order valence-corrected chi connectivity index (χ0v) is 15.3. The molecule has 25 heavy (non-hydrogen) atoms. The molecule has 0 radical (unpaired) electrons. The number of thioether (sulfide) groups is 1. The van der Waals surface area contributed by atoms with Crippen LogP contribution >= 0.6 is 24.2 Å². The zero-order chi connectivity index (χ0) is 16.4. The van der Waals surface area contributed by atoms with Crippen molar-refractivity contribution < 1.29 is 8.94 Å². The van der Waals surface area contributed by atoms with Crippen LogP contribution in [-0.4, -0.2) is 38.0 Å². The van der Waals surface area contributed by atoms with Crippen molar-refractivity contribution in [1.29, 1.82) is 0 Å². The summed E-state index contributed by atoms with van der Waals surface area (Å²) in [5.41, 5.74) is 0. The molecule has 1 aliphatic heterocycles. The fourth-order valence-electron chi connectivity index (χ4n) is 2.82. The number of hydrogen-bond acceptors (Lipinski definition) is 8. The normalized spacial score (nSPS) is 17.4. The first kappa shape index (κ1) is 18.0. The lowest BCUT2D eigenvalue weighted by molar-refractivity contribution is 0.411. The molecule has 0 aliphatic carbocycles. The summed E-state index contributed by atoms with van der Waals surface area (Å²) in [5.74, 6) is 3.61. The molecule has 4 heterocycles. The van der Waals surface area contributed by atoms with Crippen molar-refractivity contribution in [3.05, 3.63) is 30.0 Å². The second kappa shape index (κ2) is 8.03. The second-order valence-corrected chi connectivity index (χ2v) is 6.67. The maximum absolute atomic E-state index is 5.25. The van der Waals surface area contributed by atoms with Gasteiger partial charge in [-0.05, 0) is 31.5 Å². The molecule has 1 aliphatic rings. The molecule has 8 nitrogen and oxygen atoms in total. The SMILES string of the molecule is Cl.Cn1c(SCc2noc(-c3ccco3)n2)nnc1C1CCCNC1. The Kier molecular flexibility index (Phi) is 5.77. The summed E-state index contributed by atoms with van der Waals surface area (Å²) in [7, 11) is 2.01. The Morgan fingerprint density at radius 3 is 3.08 bits per heavy atom. The molecule has 0 saturated carbocycles. The van der Waals surface area contributed by atoms with Crippen LogP contribution in [0, 0.1) is 0 Å². The fraction of sp³-hybridized carbons (Fsp3) is 0.467. The van der Waals surface area contributed by atoms with E-state index in [1.807, 2.05) is 7.05 Å². The third-order valence-corrected chi connectivity index (χ3v) is 5.08. The zero-order valence-electron chi connectivity index (χ0n) is 13.7. The average molecular weight is 383 g/mol. The summed E-state index contributed by atoms with van der Waals surface area (Å²) in [6.07, 6.45) is 3.91. The lowest BCUT2D eigenvalue weighted by Crippen LogP contribution is -2.29. The van der Waals surface area contributed by atoms with E-state index in [0.29, 0.717) is 29.1 Å². The van der Waals surface area contributed by atoms with Gasteiger partial charge in [0.05, 0.1) is 12.0 Å². The van der Waals surface area contributed by atoms with Crippen LogP contribution in [-0.2, 0) is 12.8 Å². The van der Waals surface area contributed by atoms with E-state index < -0.39 is 0 Å². The van der Waals surface area contributed by atoms with Crippen LogP contribution in [0.4, 0.5) is 0 Å². The highest BCUT2D eigenvalue weighted by atomic mass is 35.5. The molecule has 10 heteroatoms. The first-order valence-electron chi connectivity index (χ1n) is 7.90. The summed E-state index contributed by atoms with van der Waals surface area (Å²) in [6, 6.07) is 3.58. The highest BCUT2D eigenvalue weighted by Crippen LogP contribution is 2.26. The summed E-state index contributed by atoms with van der Waals surface area (Å²) in [4.78, 5) is 4.33. The molecule has 0 aromatic carbocycles. The van der Waals surface area contributed by atoms with Crippen molar-refractivity contribution in [2.45, 2.75) is 29.7 Å². The lowest BCUT2D eigenvalue weighted by Gasteiger charge is -2.21. The number of rotatable bonds is 5. The Morgan fingerprint density at radius 2 is 2.32 bits per heavy atom. The number of aromatic nitrogens is 5. The molecule has 1 fully saturated rings. The number of halogens is 1. The largest absolute Gasteiger partial charge is 0.459 e. The third kappa shape index (κ3) is 3.88. The predicted molar refractivity (Wildman–Crippen MR) is 94.7 cm³/mol. The summed E-state index contributed by atoms with van der Waals surface area (Å²) in [5, 5.41) is 16.9. The summed E-state index contributed by atoms with van der Waals surface area (Å²) < 4.78 is 12.5. The van der Waals surface area contributed by atoms with Gasteiger partial charge in [0.2, 0.25) is 0 Å². The van der Waals surface area contributed by atoms with Crippen LogP contribution in [0.15, 0.2) is 32.5 Å². The van der Waals surface area contributed by atoms with Crippen molar-refractivity contribution in [3.63, 3.8) is 0 Å².